The van der Waals surface area contributed by atoms with Crippen molar-refractivity contribution < 1.29 is 42.9 Å². The smallest absolute Gasteiger partial charge is 0.337 e. The fourth-order valence-corrected chi connectivity index (χ4v) is 9.14. The number of methoxy groups -OCH3 is 2. The molecule has 0 amide bonds. The van der Waals surface area contributed by atoms with Gasteiger partial charge >= 0.3 is 23.9 Å². The molecule has 4 aromatic carbocycles. The average molecular weight is 1170 g/mol. The number of carbonyl (C=O) groups is 5. The van der Waals surface area contributed by atoms with E-state index in [2.05, 4.69) is 46.3 Å². The van der Waals surface area contributed by atoms with Crippen LogP contribution in [0.1, 0.15) is 123 Å². The summed E-state index contributed by atoms with van der Waals surface area (Å²) >= 11 is 30.3. The third-order valence-electron chi connectivity index (χ3n) is 10.9. The van der Waals surface area contributed by atoms with E-state index >= 15 is 0 Å². The Hall–Kier alpha value is -5.22. The van der Waals surface area contributed by atoms with Crippen LogP contribution in [0.25, 0.3) is 11.3 Å². The van der Waals surface area contributed by atoms with Crippen molar-refractivity contribution in [2.24, 2.45) is 34.4 Å². The Balaban J connectivity index is 0.000000337. The quantitative estimate of drug-likeness (QED) is 0.0247. The number of ketones is 1. The van der Waals surface area contributed by atoms with Crippen LogP contribution in [0, 0.1) is 23.7 Å². The summed E-state index contributed by atoms with van der Waals surface area (Å²) in [4.78, 5) is 70.5. The van der Waals surface area contributed by atoms with Gasteiger partial charge in [0.1, 0.15) is 17.2 Å². The molecular weight excluding hydrogens is 1100 g/mol. The fraction of sp³-hybridized carbons (Fsp3) is 0.431. The van der Waals surface area contributed by atoms with Gasteiger partial charge < -0.3 is 30.0 Å². The van der Waals surface area contributed by atoms with Gasteiger partial charge in [-0.2, -0.15) is 0 Å². The van der Waals surface area contributed by atoms with Crippen LogP contribution < -0.4 is 11.1 Å². The number of rotatable bonds is 20. The molecule has 0 aliphatic rings. The number of Topliss-reactive ketones (excluding diaryl/α,β-unsaturated/α-hetero) is 1. The molecule has 3 atom stereocenters. The highest BCUT2D eigenvalue weighted by molar-refractivity contribution is 7.78. The minimum absolute atomic E-state index is 0.111. The Morgan fingerprint density at radius 1 is 0.662 bits per heavy atom. The topological polar surface area (TPSA) is 186 Å². The van der Waals surface area contributed by atoms with Gasteiger partial charge in [0.25, 0.3) is 0 Å². The van der Waals surface area contributed by atoms with Crippen LogP contribution in [0.4, 0.5) is 5.13 Å². The number of hydrogen-bond acceptors (Lipinski definition) is 15. The summed E-state index contributed by atoms with van der Waals surface area (Å²) in [5.74, 6) is -1.59. The third kappa shape index (κ3) is 23.0. The number of esters is 4. The summed E-state index contributed by atoms with van der Waals surface area (Å²) in [6.07, 6.45) is 2.40. The number of thiazole rings is 1. The zero-order valence-electron chi connectivity index (χ0n) is 45.7. The van der Waals surface area contributed by atoms with Crippen LogP contribution in [0.15, 0.2) is 89.9 Å². The molecule has 5 aromatic rings. The lowest BCUT2D eigenvalue weighted by molar-refractivity contribution is -0.160. The van der Waals surface area contributed by atoms with Gasteiger partial charge in [-0.15, -0.1) is 11.3 Å². The van der Waals surface area contributed by atoms with Crippen molar-refractivity contribution in [2.45, 2.75) is 112 Å². The molecule has 0 aliphatic carbocycles. The number of nitrogens with one attached hydrogen (secondary N) is 1. The molecule has 0 fully saturated rings. The van der Waals surface area contributed by atoms with Crippen molar-refractivity contribution in [1.29, 1.82) is 0 Å². The number of halogens is 4. The lowest BCUT2D eigenvalue weighted by atomic mass is 9.96. The molecule has 19 heteroatoms. The van der Waals surface area contributed by atoms with Gasteiger partial charge in [0.05, 0.1) is 68.1 Å². The molecule has 0 aliphatic heterocycles. The highest BCUT2D eigenvalue weighted by atomic mass is 35.5. The van der Waals surface area contributed by atoms with Crippen molar-refractivity contribution in [1.82, 2.24) is 4.98 Å². The third-order valence-corrected chi connectivity index (χ3v) is 13.5. The number of aromatic nitrogens is 1. The Labute approximate surface area is 482 Å². The minimum Gasteiger partial charge on any atom is -0.465 e. The van der Waals surface area contributed by atoms with E-state index in [-0.39, 0.29) is 30.2 Å². The number of ether oxygens (including phenoxy) is 4. The molecule has 77 heavy (non-hydrogen) atoms. The molecule has 0 saturated heterocycles. The zero-order valence-corrected chi connectivity index (χ0v) is 50.3. The molecule has 1 heterocycles. The van der Waals surface area contributed by atoms with Gasteiger partial charge in [0.2, 0.25) is 0 Å². The highest BCUT2D eigenvalue weighted by Crippen LogP contribution is 2.36. The van der Waals surface area contributed by atoms with Gasteiger partial charge in [-0.1, -0.05) is 104 Å². The molecule has 0 spiro atoms. The number of isothiocyanates is 1. The summed E-state index contributed by atoms with van der Waals surface area (Å²) in [6, 6.07) is 23.8. The van der Waals surface area contributed by atoms with Crippen molar-refractivity contribution in [3.05, 3.63) is 138 Å². The number of carbonyl (C=O) groups excluding carboxylic acids is 5. The average Bonchev–Trinajstić information content (AvgIpc) is 3.76. The van der Waals surface area contributed by atoms with E-state index in [0.29, 0.717) is 74.4 Å². The maximum Gasteiger partial charge on any atom is 0.337 e. The van der Waals surface area contributed by atoms with E-state index in [9.17, 15) is 24.0 Å². The first kappa shape index (κ1) is 66.1. The number of nitrogens with two attached hydrogens (primary N) is 1. The summed E-state index contributed by atoms with van der Waals surface area (Å²) < 4.78 is 20.5. The number of anilines is 1. The molecule has 3 N–H and O–H groups in total. The predicted molar refractivity (Wildman–Crippen MR) is 314 cm³/mol. The fourth-order valence-electron chi connectivity index (χ4n) is 7.22. The first-order valence-corrected chi connectivity index (χ1v) is 27.6. The standard InChI is InChI=1S/C29H34Cl2N2O4S.C16H23NO4.C13H13Cl2NOS/c1-17(2)13-24-25(20-11-12-22(30)23(31)15-20)33-28(38-24)32-16-21(27(35)37-29(3,4)5)14-18-7-9-19(10-8-18)26(34)36-6;1-16(2,3)21-15(19)13(10-17)9-11-5-7-12(8-6-11)14(18)20-4;1-8(2)5-12(16-7-18)13(17)9-3-4-10(14)11(15)6-9/h7-12,15,17,21H,13-14,16H2,1-6H3,(H,32,33);5-8,13H,9-10,17H2,1-4H3;3-4,6,8,12H,5H2,1-2H3. The molecule has 13 nitrogen and oxygen atoms in total. The summed E-state index contributed by atoms with van der Waals surface area (Å²) in [6.45, 7) is 19.9. The summed E-state index contributed by atoms with van der Waals surface area (Å²) in [5.41, 5.74) is 9.53. The molecule has 5 rings (SSSR count). The number of hydrogen-bond donors (Lipinski definition) is 2. The van der Waals surface area contributed by atoms with E-state index < -0.39 is 35.0 Å². The number of aliphatic imine (C=N–C) groups is 1. The Morgan fingerprint density at radius 3 is 1.56 bits per heavy atom. The number of thiocarbonyl (C=S) groups is 1. The van der Waals surface area contributed by atoms with Crippen LogP contribution >= 0.6 is 70.0 Å². The van der Waals surface area contributed by atoms with Crippen molar-refractivity contribution in [3.63, 3.8) is 0 Å². The number of nitrogens with zero attached hydrogens (tertiary/aromatic N) is 2. The van der Waals surface area contributed by atoms with E-state index in [1.807, 2.05) is 79.7 Å². The first-order chi connectivity index (χ1) is 36.1. The van der Waals surface area contributed by atoms with Crippen molar-refractivity contribution in [2.75, 3.05) is 32.6 Å². The van der Waals surface area contributed by atoms with Crippen LogP contribution in [-0.4, -0.2) is 84.4 Å². The van der Waals surface area contributed by atoms with Crippen molar-refractivity contribution in [3.8, 4) is 11.3 Å². The monoisotopic (exact) mass is 1170 g/mol. The second kappa shape index (κ2) is 31.4. The summed E-state index contributed by atoms with van der Waals surface area (Å²) in [7, 11) is 2.68. The molecule has 0 radical (unpaired) electrons. The highest BCUT2D eigenvalue weighted by Gasteiger charge is 2.28. The van der Waals surface area contributed by atoms with E-state index in [0.717, 1.165) is 38.8 Å². The maximum atomic E-state index is 13.1. The predicted octanol–water partition coefficient (Wildman–Crippen LogP) is 14.3. The molecule has 0 saturated carbocycles. The molecule has 1 aromatic heterocycles. The normalized spacial score (nSPS) is 12.4. The van der Waals surface area contributed by atoms with E-state index in [1.54, 1.807) is 72.0 Å². The second-order valence-corrected chi connectivity index (χ2v) is 23.6. The Morgan fingerprint density at radius 2 is 1.13 bits per heavy atom. The van der Waals surface area contributed by atoms with Gasteiger partial charge in [0, 0.05) is 29.1 Å². The van der Waals surface area contributed by atoms with Crippen LogP contribution in [0.3, 0.4) is 0 Å². The molecule has 416 valence electrons. The van der Waals surface area contributed by atoms with Gasteiger partial charge in [-0.05, 0) is 157 Å². The Kier molecular flexibility index (Phi) is 26.9. The second-order valence-electron chi connectivity index (χ2n) is 20.7. The van der Waals surface area contributed by atoms with Crippen LogP contribution in [0.2, 0.25) is 20.1 Å². The van der Waals surface area contributed by atoms with Gasteiger partial charge in [0.15, 0.2) is 10.9 Å². The van der Waals surface area contributed by atoms with Crippen molar-refractivity contribution >= 4 is 110 Å². The molecule has 0 bridgehead atoms. The SMILES string of the molecule is CC(C)CC(N=C=S)C(=O)c1ccc(Cl)c(Cl)c1.COC(=O)c1ccc(CC(CN)C(=O)OC(C)(C)C)cc1.COC(=O)c1ccc(CC(CNc2nc(-c3ccc(Cl)c(Cl)c3)c(CC(C)C)s2)C(=O)OC(C)(C)C)cc1. The van der Waals surface area contributed by atoms with E-state index in [4.69, 9.17) is 71.3 Å². The zero-order chi connectivity index (χ0) is 57.8. The van der Waals surface area contributed by atoms with Crippen LogP contribution in [0.5, 0.6) is 0 Å². The lowest BCUT2D eigenvalue weighted by Crippen LogP contribution is -2.33. The molecular formula is C58H70Cl4N4O9S2. The minimum atomic E-state index is -0.614. The largest absolute Gasteiger partial charge is 0.465 e. The summed E-state index contributed by atoms with van der Waals surface area (Å²) in [5, 5.41) is 8.12. The lowest BCUT2D eigenvalue weighted by Gasteiger charge is -2.24. The molecule has 3 unspecified atom stereocenters. The van der Waals surface area contributed by atoms with E-state index in [1.165, 1.54) is 14.2 Å². The van der Waals surface area contributed by atoms with Gasteiger partial charge in [-0.3, -0.25) is 14.4 Å². The first-order valence-electron chi connectivity index (χ1n) is 24.8. The maximum absolute atomic E-state index is 13.1. The van der Waals surface area contributed by atoms with Crippen LogP contribution in [-0.2, 0) is 47.8 Å². The van der Waals surface area contributed by atoms with Gasteiger partial charge in [-0.25, -0.2) is 19.6 Å². The Bertz CT molecular complexity index is 2820. The number of benzene rings is 4.